The Kier molecular flexibility index (Phi) is 10.0. The quantitative estimate of drug-likeness (QED) is 0.360. The molecule has 3 rings (SSSR count). The Labute approximate surface area is 224 Å². The van der Waals surface area contributed by atoms with E-state index < -0.39 is 34.3 Å². The molecule has 2 amide bonds. The fourth-order valence-electron chi connectivity index (χ4n) is 4.00. The summed E-state index contributed by atoms with van der Waals surface area (Å²) < 4.78 is 41.9. The number of anilines is 1. The largest absolute Gasteiger partial charge is 0.352 e. The lowest BCUT2D eigenvalue weighted by molar-refractivity contribution is -0.140. The van der Waals surface area contributed by atoms with Crippen LogP contribution in [0.25, 0.3) is 0 Å². The summed E-state index contributed by atoms with van der Waals surface area (Å²) in [5, 5.41) is 2.95. The number of halogens is 1. The van der Waals surface area contributed by atoms with Crippen molar-refractivity contribution in [3.8, 4) is 0 Å². The van der Waals surface area contributed by atoms with Crippen LogP contribution in [0.5, 0.6) is 0 Å². The molecule has 0 saturated heterocycles. The maximum atomic E-state index is 13.9. The van der Waals surface area contributed by atoms with Crippen molar-refractivity contribution in [1.82, 2.24) is 10.2 Å². The van der Waals surface area contributed by atoms with E-state index in [0.29, 0.717) is 6.42 Å². The molecule has 0 unspecified atom stereocenters. The van der Waals surface area contributed by atoms with Gasteiger partial charge in [0.05, 0.1) is 10.6 Å². The summed E-state index contributed by atoms with van der Waals surface area (Å²) in [6.45, 7) is 5.25. The third-order valence-electron chi connectivity index (χ3n) is 6.31. The first kappa shape index (κ1) is 28.8. The Morgan fingerprint density at radius 3 is 2.00 bits per heavy atom. The van der Waals surface area contributed by atoms with Gasteiger partial charge in [0.15, 0.2) is 0 Å². The Hall–Kier alpha value is -3.72. The monoisotopic (exact) mass is 539 g/mol. The predicted octanol–water partition coefficient (Wildman–Crippen LogP) is 4.74. The summed E-state index contributed by atoms with van der Waals surface area (Å²) in [4.78, 5) is 28.4. The van der Waals surface area contributed by atoms with Gasteiger partial charge in [-0.1, -0.05) is 62.4 Å². The molecule has 0 bridgehead atoms. The molecule has 0 heterocycles. The van der Waals surface area contributed by atoms with Crippen molar-refractivity contribution >= 4 is 27.5 Å². The molecule has 0 saturated carbocycles. The second kappa shape index (κ2) is 13.2. The predicted molar refractivity (Wildman–Crippen MR) is 146 cm³/mol. The van der Waals surface area contributed by atoms with Gasteiger partial charge in [0, 0.05) is 12.6 Å². The van der Waals surface area contributed by atoms with E-state index in [1.165, 1.54) is 17.0 Å². The Morgan fingerprint density at radius 1 is 0.868 bits per heavy atom. The number of rotatable bonds is 12. The molecule has 0 aliphatic carbocycles. The van der Waals surface area contributed by atoms with Gasteiger partial charge in [-0.3, -0.25) is 13.9 Å². The van der Waals surface area contributed by atoms with Crippen LogP contribution >= 0.6 is 0 Å². The smallest absolute Gasteiger partial charge is 0.264 e. The van der Waals surface area contributed by atoms with Gasteiger partial charge in [-0.2, -0.15) is 0 Å². The first-order valence-electron chi connectivity index (χ1n) is 12.6. The maximum absolute atomic E-state index is 13.9. The summed E-state index contributed by atoms with van der Waals surface area (Å²) in [7, 11) is -4.23. The van der Waals surface area contributed by atoms with Gasteiger partial charge in [-0.05, 0) is 61.7 Å². The Balaban J connectivity index is 2.01. The number of hydrogen-bond acceptors (Lipinski definition) is 4. The summed E-state index contributed by atoms with van der Waals surface area (Å²) in [6, 6.07) is 21.1. The average Bonchev–Trinajstić information content (AvgIpc) is 2.92. The number of sulfonamides is 1. The van der Waals surface area contributed by atoms with Crippen LogP contribution in [0, 0.1) is 5.82 Å². The van der Waals surface area contributed by atoms with E-state index >= 15 is 0 Å². The molecular formula is C29H34FN3O4S. The van der Waals surface area contributed by atoms with Crippen molar-refractivity contribution in [3.63, 3.8) is 0 Å². The molecule has 0 fully saturated rings. The zero-order valence-corrected chi connectivity index (χ0v) is 22.7. The van der Waals surface area contributed by atoms with Crippen molar-refractivity contribution < 1.29 is 22.4 Å². The van der Waals surface area contributed by atoms with Gasteiger partial charge in [0.25, 0.3) is 10.0 Å². The van der Waals surface area contributed by atoms with Crippen LogP contribution in [0.3, 0.4) is 0 Å². The average molecular weight is 540 g/mol. The second-order valence-corrected chi connectivity index (χ2v) is 10.9. The van der Waals surface area contributed by atoms with E-state index in [1.807, 2.05) is 51.1 Å². The minimum Gasteiger partial charge on any atom is -0.352 e. The number of carbonyl (C=O) groups is 2. The molecule has 0 aliphatic heterocycles. The van der Waals surface area contributed by atoms with Crippen LogP contribution in [0.1, 0.15) is 39.2 Å². The zero-order chi connectivity index (χ0) is 27.7. The van der Waals surface area contributed by atoms with Gasteiger partial charge >= 0.3 is 0 Å². The number of hydrogen-bond donors (Lipinski definition) is 1. The number of nitrogens with zero attached hydrogens (tertiary/aromatic N) is 2. The first-order chi connectivity index (χ1) is 18.2. The van der Waals surface area contributed by atoms with Crippen LogP contribution in [0.2, 0.25) is 0 Å². The lowest BCUT2D eigenvalue weighted by atomic mass is 10.1. The van der Waals surface area contributed by atoms with Crippen molar-refractivity contribution in [2.45, 2.75) is 57.1 Å². The van der Waals surface area contributed by atoms with Gasteiger partial charge < -0.3 is 10.2 Å². The highest BCUT2D eigenvalue weighted by Gasteiger charge is 2.33. The molecule has 0 aromatic heterocycles. The number of carbonyl (C=O) groups excluding carboxylic acids is 2. The third kappa shape index (κ3) is 7.19. The highest BCUT2D eigenvalue weighted by atomic mass is 32.2. The van der Waals surface area contributed by atoms with Gasteiger partial charge in [0.2, 0.25) is 11.8 Å². The van der Waals surface area contributed by atoms with Gasteiger partial charge in [-0.25, -0.2) is 12.8 Å². The van der Waals surface area contributed by atoms with Crippen LogP contribution < -0.4 is 9.62 Å². The van der Waals surface area contributed by atoms with Crippen molar-refractivity contribution in [2.75, 3.05) is 10.8 Å². The molecule has 2 atom stereocenters. The molecule has 1 N–H and O–H groups in total. The molecule has 0 aliphatic rings. The van der Waals surface area contributed by atoms with E-state index in [1.54, 1.807) is 30.3 Å². The second-order valence-electron chi connectivity index (χ2n) is 9.05. The lowest BCUT2D eigenvalue weighted by Gasteiger charge is -2.33. The molecule has 9 heteroatoms. The topological polar surface area (TPSA) is 86.8 Å². The third-order valence-corrected chi connectivity index (χ3v) is 8.10. The minimum atomic E-state index is -4.23. The van der Waals surface area contributed by atoms with E-state index in [-0.39, 0.29) is 29.1 Å². The molecule has 0 spiro atoms. The number of nitrogens with one attached hydrogen (secondary N) is 1. The molecule has 0 radical (unpaired) electrons. The van der Waals surface area contributed by atoms with E-state index in [4.69, 9.17) is 0 Å². The molecule has 38 heavy (non-hydrogen) atoms. The molecule has 202 valence electrons. The van der Waals surface area contributed by atoms with Crippen molar-refractivity contribution in [1.29, 1.82) is 0 Å². The molecule has 3 aromatic carbocycles. The highest BCUT2D eigenvalue weighted by Crippen LogP contribution is 2.25. The van der Waals surface area contributed by atoms with Crippen LogP contribution in [-0.2, 0) is 26.2 Å². The number of benzene rings is 3. The van der Waals surface area contributed by atoms with Crippen molar-refractivity contribution in [2.24, 2.45) is 0 Å². The first-order valence-corrected chi connectivity index (χ1v) is 14.1. The van der Waals surface area contributed by atoms with Crippen molar-refractivity contribution in [3.05, 3.63) is 96.3 Å². The molecular weight excluding hydrogens is 505 g/mol. The SMILES string of the molecule is CC[C@H](C)NC(=O)[C@H](CC)N(Cc1ccccc1)C(=O)CN(c1ccccc1)S(=O)(=O)c1ccc(F)cc1. The molecule has 3 aromatic rings. The summed E-state index contributed by atoms with van der Waals surface area (Å²) in [6.07, 6.45) is 1.07. The highest BCUT2D eigenvalue weighted by molar-refractivity contribution is 7.92. The van der Waals surface area contributed by atoms with E-state index in [2.05, 4.69) is 5.32 Å². The number of amides is 2. The van der Waals surface area contributed by atoms with Crippen LogP contribution in [0.15, 0.2) is 89.8 Å². The Bertz CT molecular complexity index is 1300. The molecule has 7 nitrogen and oxygen atoms in total. The van der Waals surface area contributed by atoms with Crippen LogP contribution in [0.4, 0.5) is 10.1 Å². The maximum Gasteiger partial charge on any atom is 0.264 e. The van der Waals surface area contributed by atoms with E-state index in [0.717, 1.165) is 28.4 Å². The summed E-state index contributed by atoms with van der Waals surface area (Å²) in [5.41, 5.74) is 1.09. The zero-order valence-electron chi connectivity index (χ0n) is 21.9. The number of para-hydroxylation sites is 1. The standard InChI is InChI=1S/C29H34FN3O4S/c1-4-22(3)31-29(35)27(5-2)32(20-23-12-8-6-9-13-23)28(34)21-33(25-14-10-7-11-15-25)38(36,37)26-18-16-24(30)17-19-26/h6-19,22,27H,4-5,20-21H2,1-3H3,(H,31,35)/t22-,27-/m0/s1. The van der Waals surface area contributed by atoms with Gasteiger partial charge in [-0.15, -0.1) is 0 Å². The summed E-state index contributed by atoms with van der Waals surface area (Å²) >= 11 is 0. The fourth-order valence-corrected chi connectivity index (χ4v) is 5.41. The van der Waals surface area contributed by atoms with E-state index in [9.17, 15) is 22.4 Å². The lowest BCUT2D eigenvalue weighted by Crippen LogP contribution is -2.53. The minimum absolute atomic E-state index is 0.0788. The summed E-state index contributed by atoms with van der Waals surface area (Å²) in [5.74, 6) is -1.40. The normalized spacial score (nSPS) is 12.8. The Morgan fingerprint density at radius 2 is 1.45 bits per heavy atom. The fraction of sp³-hybridized carbons (Fsp3) is 0.310. The van der Waals surface area contributed by atoms with Gasteiger partial charge in [0.1, 0.15) is 18.4 Å². The van der Waals surface area contributed by atoms with Crippen LogP contribution in [-0.4, -0.2) is 43.8 Å².